The Morgan fingerprint density at radius 2 is 1.12 bits per heavy atom. The van der Waals surface area contributed by atoms with Crippen LogP contribution in [0.3, 0.4) is 0 Å². The van der Waals surface area contributed by atoms with Gasteiger partial charge >= 0.3 is 11.9 Å². The third kappa shape index (κ3) is 18.6. The summed E-state index contributed by atoms with van der Waals surface area (Å²) in [5.41, 5.74) is 14.1. The fourth-order valence-corrected chi connectivity index (χ4v) is 8.29. The van der Waals surface area contributed by atoms with Crippen molar-refractivity contribution >= 4 is 89.4 Å². The number of fused-ring (bicyclic) bond motifs is 1. The van der Waals surface area contributed by atoms with Crippen LogP contribution in [0.4, 0.5) is 0 Å². The second kappa shape index (κ2) is 28.5. The Bertz CT molecular complexity index is 2630. The van der Waals surface area contributed by atoms with Gasteiger partial charge in [-0.2, -0.15) is 25.3 Å². The number of aliphatic carboxylic acids is 2. The normalized spacial score (nSPS) is 14.6. The molecule has 7 amide bonds. The van der Waals surface area contributed by atoms with Crippen LogP contribution in [0, 0.1) is 5.92 Å². The molecule has 0 aliphatic heterocycles. The molecule has 22 nitrogen and oxygen atoms in total. The van der Waals surface area contributed by atoms with Gasteiger partial charge in [-0.15, -0.1) is 0 Å². The number of carboxylic acids is 2. The van der Waals surface area contributed by atoms with Crippen LogP contribution in [0.1, 0.15) is 63.6 Å². The smallest absolute Gasteiger partial charge is 0.326 e. The Morgan fingerprint density at radius 1 is 0.627 bits per heavy atom. The lowest BCUT2D eigenvalue weighted by molar-refractivity contribution is -0.143. The summed E-state index contributed by atoms with van der Waals surface area (Å²) >= 11 is 8.74. The molecule has 15 N–H and O–H groups in total. The van der Waals surface area contributed by atoms with Gasteiger partial charge in [-0.05, 0) is 74.0 Å². The molecule has 0 fully saturated rings. The van der Waals surface area contributed by atoms with Gasteiger partial charge in [0.1, 0.15) is 48.0 Å². The molecule has 8 atom stereocenters. The second-order valence-corrected chi connectivity index (χ2v) is 20.4. The van der Waals surface area contributed by atoms with Crippen LogP contribution in [0.15, 0.2) is 85.1 Å². The number of amides is 7. The Hall–Kier alpha value is -7.15. The van der Waals surface area contributed by atoms with Crippen molar-refractivity contribution in [3.8, 4) is 5.75 Å². The zero-order chi connectivity index (χ0) is 55.6. The van der Waals surface area contributed by atoms with Crippen LogP contribution in [0.2, 0.25) is 0 Å². The predicted octanol–water partition coefficient (Wildman–Crippen LogP) is 0.215. The lowest BCUT2D eigenvalue weighted by atomic mass is 9.98. The lowest BCUT2D eigenvalue weighted by Crippen LogP contribution is -2.63. The topological polar surface area (TPSA) is 366 Å². The first kappa shape index (κ1) is 60.4. The molecule has 0 aliphatic carbocycles. The number of carbonyl (C=O) groups is 9. The van der Waals surface area contributed by atoms with E-state index in [1.165, 1.54) is 38.1 Å². The van der Waals surface area contributed by atoms with Crippen molar-refractivity contribution in [3.63, 3.8) is 0 Å². The van der Waals surface area contributed by atoms with Crippen LogP contribution in [0.5, 0.6) is 5.75 Å². The molecule has 0 unspecified atom stereocenters. The average molecular weight is 1080 g/mol. The number of aromatic hydroxyl groups is 1. The van der Waals surface area contributed by atoms with E-state index in [0.717, 1.165) is 5.52 Å². The number of nitrogens with one attached hydrogen (secondary N) is 8. The number of thiol groups is 2. The minimum absolute atomic E-state index is 0.0573. The molecule has 0 bridgehead atoms. The summed E-state index contributed by atoms with van der Waals surface area (Å²) in [6.45, 7) is 6.29. The fourth-order valence-electron chi connectivity index (χ4n) is 7.86. The lowest BCUT2D eigenvalue weighted by Gasteiger charge is -2.32. The minimum Gasteiger partial charge on any atom is -0.508 e. The van der Waals surface area contributed by atoms with E-state index >= 15 is 0 Å². The summed E-state index contributed by atoms with van der Waals surface area (Å²) in [4.78, 5) is 125. The number of hydrogen-bond acceptors (Lipinski definition) is 14. The maximum atomic E-state index is 14.8. The predicted molar refractivity (Wildman–Crippen MR) is 285 cm³/mol. The maximum absolute atomic E-state index is 14.8. The van der Waals surface area contributed by atoms with Crippen molar-refractivity contribution in [3.05, 3.63) is 102 Å². The average Bonchev–Trinajstić information content (AvgIpc) is 3.76. The zero-order valence-corrected chi connectivity index (χ0v) is 43.8. The molecule has 1 aromatic heterocycles. The third-order valence-electron chi connectivity index (χ3n) is 12.0. The molecule has 0 saturated heterocycles. The Balaban J connectivity index is 1.70. The number of carboxylic acid groups (broad SMARTS) is 2. The first-order chi connectivity index (χ1) is 35.4. The molecule has 1 heterocycles. The molecule has 24 heteroatoms. The molecule has 3 aromatic carbocycles. The Labute approximate surface area is 444 Å². The standard InChI is InChI=1S/C51H68N10O12S2/c1-27(2)41(50(72)73)60-48(70)39(26-74)59-46(68)36(22-29-16-18-31(62)19-17-29)56-44(66)35(15-10-20-52)55-47(69)38(23-30-25-54-34-14-9-8-13-32(30)34)57-45(67)37(21-28-11-6-5-7-12-28)58-49(71)42(51(3,4)75)61-43(65)33(53)24-40(63)64/h5-9,11-14,16-19,25,27,33,35-39,41-42,54,62,74-75H,10,15,20-24,26,52-53H2,1-4H3,(H,55,69)(H,56,66)(H,57,67)(H,58,71)(H,59,68)(H,60,70)(H,61,65)(H,63,64)(H,72,73)/t33-,35-,36-,37+,38+,39-,41-,42+/m0/s1. The number of rotatable bonds is 29. The third-order valence-corrected chi connectivity index (χ3v) is 12.6. The van der Waals surface area contributed by atoms with Gasteiger partial charge in [0.25, 0.3) is 0 Å². The first-order valence-corrected chi connectivity index (χ1v) is 25.2. The zero-order valence-electron chi connectivity index (χ0n) is 42.0. The van der Waals surface area contributed by atoms with Gasteiger partial charge in [-0.3, -0.25) is 38.4 Å². The van der Waals surface area contributed by atoms with E-state index in [1.807, 2.05) is 6.07 Å². The maximum Gasteiger partial charge on any atom is 0.326 e. The molecule has 4 rings (SSSR count). The molecule has 0 aliphatic rings. The van der Waals surface area contributed by atoms with E-state index in [1.54, 1.807) is 68.6 Å². The van der Waals surface area contributed by atoms with Crippen molar-refractivity contribution in [1.82, 2.24) is 42.2 Å². The van der Waals surface area contributed by atoms with Crippen LogP contribution < -0.4 is 48.7 Å². The monoisotopic (exact) mass is 1080 g/mol. The number of hydrogen-bond donors (Lipinski definition) is 15. The largest absolute Gasteiger partial charge is 0.508 e. The van der Waals surface area contributed by atoms with Crippen molar-refractivity contribution in [2.24, 2.45) is 17.4 Å². The van der Waals surface area contributed by atoms with E-state index in [-0.39, 0.29) is 50.2 Å². The van der Waals surface area contributed by atoms with Gasteiger partial charge < -0.3 is 69.0 Å². The summed E-state index contributed by atoms with van der Waals surface area (Å²) < 4.78 is -1.29. The van der Waals surface area contributed by atoms with Gasteiger partial charge in [0.15, 0.2) is 0 Å². The molecule has 75 heavy (non-hydrogen) atoms. The molecular weight excluding hydrogens is 1010 g/mol. The van der Waals surface area contributed by atoms with Gasteiger partial charge in [-0.1, -0.05) is 74.5 Å². The van der Waals surface area contributed by atoms with E-state index in [4.69, 9.17) is 11.5 Å². The first-order valence-electron chi connectivity index (χ1n) is 24.1. The summed E-state index contributed by atoms with van der Waals surface area (Å²) in [5.74, 6) is -9.59. The van der Waals surface area contributed by atoms with Crippen molar-refractivity contribution in [2.45, 2.75) is 119 Å². The van der Waals surface area contributed by atoms with E-state index in [9.17, 15) is 58.5 Å². The number of aromatic nitrogens is 1. The number of phenolic OH excluding ortho intramolecular Hbond substituents is 1. The number of benzene rings is 3. The summed E-state index contributed by atoms with van der Waals surface area (Å²) in [6, 6.07) is 10.3. The van der Waals surface area contributed by atoms with Crippen LogP contribution in [0.25, 0.3) is 10.9 Å². The van der Waals surface area contributed by atoms with Gasteiger partial charge in [0.2, 0.25) is 41.4 Å². The Kier molecular flexibility index (Phi) is 23.0. The number of nitrogens with two attached hydrogens (primary N) is 2. The highest BCUT2D eigenvalue weighted by Gasteiger charge is 2.39. The molecule has 0 spiro atoms. The molecular formula is C51H68N10O12S2. The molecule has 0 saturated carbocycles. The van der Waals surface area contributed by atoms with Gasteiger partial charge in [0, 0.05) is 46.9 Å². The number of carbonyl (C=O) groups excluding carboxylic acids is 7. The van der Waals surface area contributed by atoms with Gasteiger partial charge in [0.05, 0.1) is 12.5 Å². The SMILES string of the molecule is CC(C)[C@H](NC(=O)[C@H](CS)NC(=O)[C@H](Cc1ccc(O)cc1)NC(=O)[C@H](CCCN)NC(=O)[C@@H](Cc1c[nH]c2ccccc12)NC(=O)[C@@H](Cc1ccccc1)NC(=O)[C@@H](NC(=O)[C@@H](N)CC(=O)O)C(C)(C)S)C(=O)O. The number of aromatic amines is 1. The van der Waals surface area contributed by atoms with Crippen LogP contribution in [-0.4, -0.2) is 139 Å². The highest BCUT2D eigenvalue weighted by atomic mass is 32.1. The fraction of sp³-hybridized carbons (Fsp3) is 0.431. The van der Waals surface area contributed by atoms with Gasteiger partial charge in [-0.25, -0.2) is 4.79 Å². The number of H-pyrrole nitrogens is 1. The molecule has 406 valence electrons. The molecule has 0 radical (unpaired) electrons. The summed E-state index contributed by atoms with van der Waals surface area (Å²) in [5, 5.41) is 47.8. The Morgan fingerprint density at radius 3 is 1.65 bits per heavy atom. The molecule has 4 aromatic rings. The number of para-hydroxylation sites is 1. The van der Waals surface area contributed by atoms with Crippen LogP contribution >= 0.6 is 25.3 Å². The van der Waals surface area contributed by atoms with Crippen molar-refractivity contribution < 1.29 is 58.5 Å². The van der Waals surface area contributed by atoms with Crippen LogP contribution in [-0.2, 0) is 62.4 Å². The van der Waals surface area contributed by atoms with Crippen molar-refractivity contribution in [2.75, 3.05) is 12.3 Å². The van der Waals surface area contributed by atoms with E-state index in [0.29, 0.717) is 22.1 Å². The van der Waals surface area contributed by atoms with Crippen molar-refractivity contribution in [1.29, 1.82) is 0 Å². The summed E-state index contributed by atoms with van der Waals surface area (Å²) in [6.07, 6.45) is 0.611. The highest BCUT2D eigenvalue weighted by molar-refractivity contribution is 7.81. The second-order valence-electron chi connectivity index (χ2n) is 18.9. The number of phenols is 1. The highest BCUT2D eigenvalue weighted by Crippen LogP contribution is 2.21. The van der Waals surface area contributed by atoms with E-state index in [2.05, 4.69) is 67.5 Å². The van der Waals surface area contributed by atoms with E-state index < -0.39 is 119 Å². The minimum atomic E-state index is -1.52. The summed E-state index contributed by atoms with van der Waals surface area (Å²) in [7, 11) is 0. The quantitative estimate of drug-likeness (QED) is 0.0324.